The Hall–Kier alpha value is -2.82. The van der Waals surface area contributed by atoms with E-state index in [0.29, 0.717) is 19.4 Å². The van der Waals surface area contributed by atoms with Crippen molar-refractivity contribution in [2.45, 2.75) is 70.6 Å². The number of para-hydroxylation sites is 1. The van der Waals surface area contributed by atoms with Gasteiger partial charge in [0, 0.05) is 31.1 Å². The smallest absolute Gasteiger partial charge is 0.306 e. The number of nitrogens with zero attached hydrogens (tertiary/aromatic N) is 1. The molecule has 0 aliphatic carbocycles. The van der Waals surface area contributed by atoms with Crippen molar-refractivity contribution < 1.29 is 14.3 Å². The largest absolute Gasteiger partial charge is 0.466 e. The molecule has 1 fully saturated rings. The molecule has 5 nitrogen and oxygen atoms in total. The normalized spacial score (nSPS) is 15.6. The minimum absolute atomic E-state index is 0.0241. The highest BCUT2D eigenvalue weighted by Crippen LogP contribution is 2.41. The Morgan fingerprint density at radius 1 is 1.00 bits per heavy atom. The van der Waals surface area contributed by atoms with Gasteiger partial charge in [0.1, 0.15) is 0 Å². The average molecular weight is 451 g/mol. The van der Waals surface area contributed by atoms with Crippen molar-refractivity contribution in [2.24, 2.45) is 5.73 Å². The minimum Gasteiger partial charge on any atom is -0.466 e. The minimum atomic E-state index is -0.394. The first kappa shape index (κ1) is 24.8. The standard InChI is InChI=1S/C28H38N2O3/c1-3-10-24(23-11-6-7-12-25(23)30-19-8-5-9-20-30)27(28(29)32)22-16-13-21(14-17-22)15-18-26(31)33-4-2/h6-7,11-14,16-17,24,27H,3-5,8-10,15,18-20H2,1-2H3,(H2,29,32). The van der Waals surface area contributed by atoms with Gasteiger partial charge in [-0.05, 0) is 61.8 Å². The number of benzene rings is 2. The van der Waals surface area contributed by atoms with Crippen molar-refractivity contribution in [3.63, 3.8) is 0 Å². The molecule has 2 N–H and O–H groups in total. The van der Waals surface area contributed by atoms with Crippen LogP contribution in [0.25, 0.3) is 0 Å². The van der Waals surface area contributed by atoms with Crippen molar-refractivity contribution >= 4 is 17.6 Å². The summed E-state index contributed by atoms with van der Waals surface area (Å²) >= 11 is 0. The van der Waals surface area contributed by atoms with Gasteiger partial charge in [0.2, 0.25) is 5.91 Å². The zero-order valence-electron chi connectivity index (χ0n) is 20.1. The van der Waals surface area contributed by atoms with Gasteiger partial charge in [-0.15, -0.1) is 0 Å². The highest BCUT2D eigenvalue weighted by molar-refractivity contribution is 5.83. The van der Waals surface area contributed by atoms with Crippen LogP contribution in [-0.2, 0) is 20.7 Å². The first-order chi connectivity index (χ1) is 16.0. The lowest BCUT2D eigenvalue weighted by atomic mass is 9.77. The Balaban J connectivity index is 1.87. The molecule has 1 aliphatic rings. The monoisotopic (exact) mass is 450 g/mol. The second kappa shape index (κ2) is 12.4. The van der Waals surface area contributed by atoms with Crippen LogP contribution in [0.3, 0.4) is 0 Å². The van der Waals surface area contributed by atoms with E-state index in [1.807, 2.05) is 31.2 Å². The molecule has 1 amide bonds. The molecule has 178 valence electrons. The summed E-state index contributed by atoms with van der Waals surface area (Å²) in [4.78, 5) is 26.9. The fraction of sp³-hybridized carbons (Fsp3) is 0.500. The maximum Gasteiger partial charge on any atom is 0.306 e. The third-order valence-corrected chi connectivity index (χ3v) is 6.60. The summed E-state index contributed by atoms with van der Waals surface area (Å²) in [6, 6.07) is 16.5. The first-order valence-corrected chi connectivity index (χ1v) is 12.4. The quantitative estimate of drug-likeness (QED) is 0.470. The van der Waals surface area contributed by atoms with E-state index in [4.69, 9.17) is 10.5 Å². The van der Waals surface area contributed by atoms with E-state index in [1.165, 1.54) is 30.5 Å². The Morgan fingerprint density at radius 3 is 2.33 bits per heavy atom. The Labute approximate surface area is 198 Å². The summed E-state index contributed by atoms with van der Waals surface area (Å²) in [5.74, 6) is -0.846. The molecule has 3 rings (SSSR count). The highest BCUT2D eigenvalue weighted by Gasteiger charge is 2.31. The number of anilines is 1. The maximum atomic E-state index is 12.8. The number of carbonyl (C=O) groups excluding carboxylic acids is 2. The zero-order chi connectivity index (χ0) is 23.6. The lowest BCUT2D eigenvalue weighted by Crippen LogP contribution is -2.32. The number of ether oxygens (including phenoxy) is 1. The van der Waals surface area contributed by atoms with Gasteiger partial charge in [-0.25, -0.2) is 0 Å². The molecule has 1 aliphatic heterocycles. The summed E-state index contributed by atoms with van der Waals surface area (Å²) in [5.41, 5.74) is 10.5. The SMILES string of the molecule is CCCC(c1ccccc1N1CCCCC1)C(C(N)=O)c1ccc(CCC(=O)OCC)cc1. The molecule has 2 aromatic carbocycles. The van der Waals surface area contributed by atoms with Crippen molar-refractivity contribution in [2.75, 3.05) is 24.6 Å². The molecule has 1 saturated heterocycles. The topological polar surface area (TPSA) is 72.6 Å². The van der Waals surface area contributed by atoms with Gasteiger partial charge in [-0.3, -0.25) is 9.59 Å². The number of hydrogen-bond donors (Lipinski definition) is 1. The van der Waals surface area contributed by atoms with Crippen molar-refractivity contribution in [1.29, 1.82) is 0 Å². The fourth-order valence-electron chi connectivity index (χ4n) is 5.00. The molecule has 0 saturated carbocycles. The second-order valence-electron chi connectivity index (χ2n) is 8.93. The molecule has 0 spiro atoms. The summed E-state index contributed by atoms with van der Waals surface area (Å²) in [7, 11) is 0. The molecular formula is C28H38N2O3. The van der Waals surface area contributed by atoms with E-state index >= 15 is 0 Å². The number of piperidine rings is 1. The van der Waals surface area contributed by atoms with Crippen LogP contribution >= 0.6 is 0 Å². The zero-order valence-corrected chi connectivity index (χ0v) is 20.1. The number of nitrogens with two attached hydrogens (primary N) is 1. The van der Waals surface area contributed by atoms with Crippen molar-refractivity contribution in [3.8, 4) is 0 Å². The van der Waals surface area contributed by atoms with E-state index < -0.39 is 5.92 Å². The Bertz CT molecular complexity index is 904. The number of hydrogen-bond acceptors (Lipinski definition) is 4. The lowest BCUT2D eigenvalue weighted by Gasteiger charge is -2.34. The first-order valence-electron chi connectivity index (χ1n) is 12.4. The number of aryl methyl sites for hydroxylation is 1. The predicted octanol–water partition coefficient (Wildman–Crippen LogP) is 5.33. The predicted molar refractivity (Wildman–Crippen MR) is 133 cm³/mol. The van der Waals surface area contributed by atoms with Gasteiger partial charge >= 0.3 is 5.97 Å². The number of rotatable bonds is 11. The second-order valence-corrected chi connectivity index (χ2v) is 8.93. The summed E-state index contributed by atoms with van der Waals surface area (Å²) in [5, 5.41) is 0. The van der Waals surface area contributed by atoms with E-state index in [1.54, 1.807) is 0 Å². The molecule has 2 aromatic rings. The third-order valence-electron chi connectivity index (χ3n) is 6.60. The third kappa shape index (κ3) is 6.59. The number of esters is 1. The summed E-state index contributed by atoms with van der Waals surface area (Å²) < 4.78 is 5.02. The summed E-state index contributed by atoms with van der Waals surface area (Å²) in [6.45, 7) is 6.49. The van der Waals surface area contributed by atoms with Crippen LogP contribution < -0.4 is 10.6 Å². The lowest BCUT2D eigenvalue weighted by molar-refractivity contribution is -0.143. The molecule has 0 aromatic heterocycles. The van der Waals surface area contributed by atoms with Crippen LogP contribution in [0, 0.1) is 0 Å². The van der Waals surface area contributed by atoms with E-state index in [2.05, 4.69) is 36.1 Å². The average Bonchev–Trinajstić information content (AvgIpc) is 2.84. The highest BCUT2D eigenvalue weighted by atomic mass is 16.5. The molecule has 33 heavy (non-hydrogen) atoms. The van der Waals surface area contributed by atoms with Crippen LogP contribution in [-0.4, -0.2) is 31.6 Å². The molecule has 2 unspecified atom stereocenters. The Kier molecular flexibility index (Phi) is 9.35. The van der Waals surface area contributed by atoms with Gasteiger partial charge in [-0.2, -0.15) is 0 Å². The van der Waals surface area contributed by atoms with E-state index in [9.17, 15) is 9.59 Å². The maximum absolute atomic E-state index is 12.8. The fourth-order valence-corrected chi connectivity index (χ4v) is 5.00. The molecular weight excluding hydrogens is 412 g/mol. The number of primary amides is 1. The van der Waals surface area contributed by atoms with Gasteiger partial charge in [-0.1, -0.05) is 55.8 Å². The van der Waals surface area contributed by atoms with Gasteiger partial charge in [0.25, 0.3) is 0 Å². The van der Waals surface area contributed by atoms with Crippen molar-refractivity contribution in [3.05, 3.63) is 65.2 Å². The van der Waals surface area contributed by atoms with Crippen LogP contribution in [0.5, 0.6) is 0 Å². The van der Waals surface area contributed by atoms with Crippen LogP contribution in [0.4, 0.5) is 5.69 Å². The van der Waals surface area contributed by atoms with Gasteiger partial charge < -0.3 is 15.4 Å². The molecule has 5 heteroatoms. The molecule has 1 heterocycles. The van der Waals surface area contributed by atoms with Gasteiger partial charge in [0.05, 0.1) is 12.5 Å². The van der Waals surface area contributed by atoms with E-state index in [-0.39, 0.29) is 17.8 Å². The number of carbonyl (C=O) groups is 2. The van der Waals surface area contributed by atoms with Crippen LogP contribution in [0.2, 0.25) is 0 Å². The molecule has 0 bridgehead atoms. The number of amides is 1. The van der Waals surface area contributed by atoms with Crippen LogP contribution in [0.1, 0.15) is 80.9 Å². The molecule has 0 radical (unpaired) electrons. The molecule has 2 atom stereocenters. The van der Waals surface area contributed by atoms with Gasteiger partial charge in [0.15, 0.2) is 0 Å². The van der Waals surface area contributed by atoms with Crippen LogP contribution in [0.15, 0.2) is 48.5 Å². The summed E-state index contributed by atoms with van der Waals surface area (Å²) in [6.07, 6.45) is 6.54. The Morgan fingerprint density at radius 2 is 1.70 bits per heavy atom. The van der Waals surface area contributed by atoms with Crippen molar-refractivity contribution in [1.82, 2.24) is 0 Å². The van der Waals surface area contributed by atoms with E-state index in [0.717, 1.165) is 37.1 Å².